The van der Waals surface area contributed by atoms with Crippen LogP contribution in [0.5, 0.6) is 0 Å². The third-order valence-corrected chi connectivity index (χ3v) is 4.54. The second-order valence-corrected chi connectivity index (χ2v) is 6.26. The molecule has 0 saturated heterocycles. The lowest BCUT2D eigenvalue weighted by Crippen LogP contribution is -2.30. The van der Waals surface area contributed by atoms with Crippen molar-refractivity contribution in [3.05, 3.63) is 58.7 Å². The van der Waals surface area contributed by atoms with Crippen molar-refractivity contribution >= 4 is 23.2 Å². The number of hydrogen-bond donors (Lipinski definition) is 1. The molecular formula is C18H13F3N2O2. The normalized spacial score (nSPS) is 17.2. The predicted molar refractivity (Wildman–Crippen MR) is 85.4 cm³/mol. The van der Waals surface area contributed by atoms with Gasteiger partial charge in [0, 0.05) is 5.69 Å². The number of halogens is 3. The average Bonchev–Trinajstić information content (AvgIpc) is 3.34. The van der Waals surface area contributed by atoms with E-state index in [1.165, 1.54) is 18.2 Å². The molecular weight excluding hydrogens is 333 g/mol. The van der Waals surface area contributed by atoms with E-state index in [1.54, 1.807) is 12.1 Å². The number of amides is 2. The molecule has 1 aliphatic carbocycles. The Morgan fingerprint density at radius 3 is 2.04 bits per heavy atom. The van der Waals surface area contributed by atoms with Crippen molar-refractivity contribution in [3.63, 3.8) is 0 Å². The fraction of sp³-hybridized carbons (Fsp3) is 0.222. The van der Waals surface area contributed by atoms with Crippen molar-refractivity contribution in [3.8, 4) is 0 Å². The van der Waals surface area contributed by atoms with Gasteiger partial charge in [-0.3, -0.25) is 9.59 Å². The number of hydrogen-bond acceptors (Lipinski definition) is 3. The molecule has 1 saturated carbocycles. The lowest BCUT2D eigenvalue weighted by Gasteiger charge is -2.20. The van der Waals surface area contributed by atoms with Crippen LogP contribution in [0.2, 0.25) is 0 Å². The van der Waals surface area contributed by atoms with Gasteiger partial charge in [-0.25, -0.2) is 4.90 Å². The summed E-state index contributed by atoms with van der Waals surface area (Å²) in [5.41, 5.74) is 5.22. The van der Waals surface area contributed by atoms with Gasteiger partial charge in [0.25, 0.3) is 11.8 Å². The highest BCUT2D eigenvalue weighted by Gasteiger charge is 2.42. The number of alkyl halides is 3. The lowest BCUT2D eigenvalue weighted by molar-refractivity contribution is -0.138. The molecule has 7 heteroatoms. The Bertz CT molecular complexity index is 882. The van der Waals surface area contributed by atoms with E-state index in [1.807, 2.05) is 0 Å². The van der Waals surface area contributed by atoms with Crippen molar-refractivity contribution < 1.29 is 22.8 Å². The van der Waals surface area contributed by atoms with Crippen LogP contribution >= 0.6 is 0 Å². The minimum absolute atomic E-state index is 0.0381. The lowest BCUT2D eigenvalue weighted by atomic mass is 9.99. The number of carbonyl (C=O) groups excluding carboxylic acids is 2. The van der Waals surface area contributed by atoms with Crippen LogP contribution in [0.3, 0.4) is 0 Å². The zero-order valence-corrected chi connectivity index (χ0v) is 12.9. The highest BCUT2D eigenvalue weighted by Crippen LogP contribution is 2.50. The molecule has 0 bridgehead atoms. The molecule has 25 heavy (non-hydrogen) atoms. The Balaban J connectivity index is 1.86. The summed E-state index contributed by atoms with van der Waals surface area (Å²) in [7, 11) is 0. The Morgan fingerprint density at radius 2 is 1.56 bits per heavy atom. The van der Waals surface area contributed by atoms with E-state index in [9.17, 15) is 22.8 Å². The monoisotopic (exact) mass is 346 g/mol. The van der Waals surface area contributed by atoms with Crippen LogP contribution in [0.15, 0.2) is 36.4 Å². The van der Waals surface area contributed by atoms with Crippen LogP contribution in [0.25, 0.3) is 0 Å². The predicted octanol–water partition coefficient (Wildman–Crippen LogP) is 3.97. The van der Waals surface area contributed by atoms with Gasteiger partial charge in [-0.2, -0.15) is 13.2 Å². The molecule has 128 valence electrons. The van der Waals surface area contributed by atoms with Crippen molar-refractivity contribution in [2.75, 3.05) is 10.6 Å². The molecule has 1 fully saturated rings. The molecule has 2 aromatic rings. The number of carbonyl (C=O) groups is 2. The third kappa shape index (κ3) is 2.38. The summed E-state index contributed by atoms with van der Waals surface area (Å²) in [6, 6.07) is 8.28. The van der Waals surface area contributed by atoms with Crippen LogP contribution in [-0.4, -0.2) is 11.8 Å². The minimum atomic E-state index is -4.61. The molecule has 4 nitrogen and oxygen atoms in total. The Hall–Kier alpha value is -2.83. The summed E-state index contributed by atoms with van der Waals surface area (Å²) < 4.78 is 40.5. The molecule has 2 amide bonds. The molecule has 0 radical (unpaired) electrons. The van der Waals surface area contributed by atoms with Gasteiger partial charge in [-0.15, -0.1) is 0 Å². The number of anilines is 2. The first-order valence-corrected chi connectivity index (χ1v) is 7.77. The van der Waals surface area contributed by atoms with E-state index >= 15 is 0 Å². The van der Waals surface area contributed by atoms with Gasteiger partial charge < -0.3 is 5.73 Å². The highest BCUT2D eigenvalue weighted by molar-refractivity contribution is 6.34. The summed E-state index contributed by atoms with van der Waals surface area (Å²) in [6.07, 6.45) is -3.31. The number of benzene rings is 2. The van der Waals surface area contributed by atoms with E-state index in [-0.39, 0.29) is 34.0 Å². The van der Waals surface area contributed by atoms with E-state index in [0.29, 0.717) is 12.8 Å². The summed E-state index contributed by atoms with van der Waals surface area (Å²) in [6.45, 7) is 0. The van der Waals surface area contributed by atoms with E-state index in [4.69, 9.17) is 5.73 Å². The van der Waals surface area contributed by atoms with Gasteiger partial charge in [0.1, 0.15) is 0 Å². The van der Waals surface area contributed by atoms with Gasteiger partial charge in [-0.1, -0.05) is 12.1 Å². The summed E-state index contributed by atoms with van der Waals surface area (Å²) in [5, 5.41) is 0. The van der Waals surface area contributed by atoms with Crippen molar-refractivity contribution in [2.45, 2.75) is 24.9 Å². The Labute approximate surface area is 141 Å². The van der Waals surface area contributed by atoms with Gasteiger partial charge in [-0.05, 0) is 48.6 Å². The number of rotatable bonds is 2. The van der Waals surface area contributed by atoms with E-state index in [2.05, 4.69) is 0 Å². The smallest absolute Gasteiger partial charge is 0.398 e. The largest absolute Gasteiger partial charge is 0.416 e. The molecule has 0 aromatic heterocycles. The second-order valence-electron chi connectivity index (χ2n) is 6.26. The highest BCUT2D eigenvalue weighted by atomic mass is 19.4. The molecule has 0 unspecified atom stereocenters. The molecule has 0 spiro atoms. The van der Waals surface area contributed by atoms with Crippen LogP contribution < -0.4 is 10.6 Å². The minimum Gasteiger partial charge on any atom is -0.398 e. The zero-order valence-electron chi connectivity index (χ0n) is 12.9. The molecule has 4 rings (SSSR count). The fourth-order valence-corrected chi connectivity index (χ4v) is 3.27. The number of imide groups is 1. The Kier molecular flexibility index (Phi) is 3.19. The zero-order chi connectivity index (χ0) is 17.9. The maximum Gasteiger partial charge on any atom is 0.416 e. The van der Waals surface area contributed by atoms with Crippen LogP contribution in [0, 0.1) is 0 Å². The molecule has 0 atom stereocenters. The molecule has 1 heterocycles. The summed E-state index contributed by atoms with van der Waals surface area (Å²) in [5.74, 6) is -1.51. The average molecular weight is 346 g/mol. The first-order chi connectivity index (χ1) is 11.8. The quantitative estimate of drug-likeness (QED) is 0.661. The van der Waals surface area contributed by atoms with E-state index < -0.39 is 23.6 Å². The molecule has 2 aromatic carbocycles. The first kappa shape index (κ1) is 15.7. The Morgan fingerprint density at radius 1 is 1.00 bits per heavy atom. The van der Waals surface area contributed by atoms with Crippen LogP contribution in [-0.2, 0) is 6.18 Å². The van der Waals surface area contributed by atoms with Gasteiger partial charge in [0.05, 0.1) is 22.4 Å². The summed E-state index contributed by atoms with van der Waals surface area (Å²) in [4.78, 5) is 25.7. The first-order valence-electron chi connectivity index (χ1n) is 7.77. The second kappa shape index (κ2) is 5.08. The molecule has 2 N–H and O–H groups in total. The van der Waals surface area contributed by atoms with Crippen molar-refractivity contribution in [2.24, 2.45) is 0 Å². The SMILES string of the molecule is Nc1cc(N2C(=O)c3ccccc3C2=O)cc(C(F)(F)F)c1C1CC1. The maximum absolute atomic E-state index is 13.5. The number of nitrogen functional groups attached to an aromatic ring is 1. The van der Waals surface area contributed by atoms with Crippen molar-refractivity contribution in [1.82, 2.24) is 0 Å². The van der Waals surface area contributed by atoms with Gasteiger partial charge >= 0.3 is 6.18 Å². The standard InChI is InChI=1S/C18H13F3N2O2/c19-18(20,21)13-7-10(8-14(22)15(13)9-5-6-9)23-16(24)11-3-1-2-4-12(11)17(23)25/h1-4,7-9H,5-6,22H2. The molecule has 1 aliphatic heterocycles. The number of nitrogens with zero attached hydrogens (tertiary/aromatic N) is 1. The van der Waals surface area contributed by atoms with Gasteiger partial charge in [0.2, 0.25) is 0 Å². The van der Waals surface area contributed by atoms with Gasteiger partial charge in [0.15, 0.2) is 0 Å². The van der Waals surface area contributed by atoms with Crippen molar-refractivity contribution in [1.29, 1.82) is 0 Å². The third-order valence-electron chi connectivity index (χ3n) is 4.54. The van der Waals surface area contributed by atoms with E-state index in [0.717, 1.165) is 11.0 Å². The number of nitrogens with two attached hydrogens (primary N) is 1. The maximum atomic E-state index is 13.5. The molecule has 2 aliphatic rings. The number of fused-ring (bicyclic) bond motifs is 1. The summed E-state index contributed by atoms with van der Waals surface area (Å²) >= 11 is 0. The van der Waals surface area contributed by atoms with Crippen LogP contribution in [0.4, 0.5) is 24.5 Å². The fourth-order valence-electron chi connectivity index (χ4n) is 3.27. The van der Waals surface area contributed by atoms with Crippen LogP contribution in [0.1, 0.15) is 50.6 Å². The topological polar surface area (TPSA) is 63.4 Å².